The predicted octanol–water partition coefficient (Wildman–Crippen LogP) is 4.17. The molecule has 2 atom stereocenters. The van der Waals surface area contributed by atoms with Crippen molar-refractivity contribution in [1.29, 1.82) is 0 Å². The maximum Gasteiger partial charge on any atom is 0.343 e. The van der Waals surface area contributed by atoms with E-state index in [9.17, 15) is 14.3 Å². The van der Waals surface area contributed by atoms with Crippen molar-refractivity contribution in [3.05, 3.63) is 0 Å². The van der Waals surface area contributed by atoms with Crippen LogP contribution < -0.4 is 0 Å². The normalized spacial score (nSPS) is 14.0. The number of halogens is 1. The number of ether oxygens (including phenoxy) is 1. The molecule has 4 heteroatoms. The van der Waals surface area contributed by atoms with E-state index in [-0.39, 0.29) is 6.61 Å². The van der Waals surface area contributed by atoms with Crippen LogP contribution in [0.25, 0.3) is 0 Å². The summed E-state index contributed by atoms with van der Waals surface area (Å²) in [5, 5.41) is 9.54. The number of carbonyl (C=O) groups excluding carboxylic acids is 1. The zero-order valence-corrected chi connectivity index (χ0v) is 13.1. The third kappa shape index (κ3) is 10.2. The number of hydrogen-bond donors (Lipinski definition) is 1. The van der Waals surface area contributed by atoms with E-state index >= 15 is 0 Å². The Morgan fingerprint density at radius 1 is 1.00 bits per heavy atom. The molecule has 0 rings (SSSR count). The van der Waals surface area contributed by atoms with Crippen molar-refractivity contribution in [2.24, 2.45) is 0 Å². The Morgan fingerprint density at radius 2 is 1.50 bits per heavy atom. The van der Waals surface area contributed by atoms with Gasteiger partial charge in [0.15, 0.2) is 0 Å². The van der Waals surface area contributed by atoms with Crippen LogP contribution in [0, 0.1) is 0 Å². The van der Waals surface area contributed by atoms with Crippen molar-refractivity contribution in [1.82, 2.24) is 0 Å². The van der Waals surface area contributed by atoms with Crippen LogP contribution >= 0.6 is 0 Å². The van der Waals surface area contributed by atoms with Crippen LogP contribution in [0.4, 0.5) is 4.39 Å². The van der Waals surface area contributed by atoms with Gasteiger partial charge in [0.05, 0.1) is 12.7 Å². The number of carbonyl (C=O) groups is 1. The molecule has 0 aliphatic heterocycles. The molecule has 0 heterocycles. The maximum absolute atomic E-state index is 13.4. The van der Waals surface area contributed by atoms with Gasteiger partial charge in [-0.1, -0.05) is 64.7 Å². The first-order valence-electron chi connectivity index (χ1n) is 8.12. The standard InChI is InChI=1S/C16H31FO3/c1-3-5-6-7-8-9-10-11-12-13-14(18)15(17)16(19)20-4-2/h14-15,18H,3-13H2,1-2H3/t14-,15?/m1/s1. The van der Waals surface area contributed by atoms with Gasteiger partial charge in [-0.05, 0) is 13.3 Å². The topological polar surface area (TPSA) is 46.5 Å². The largest absolute Gasteiger partial charge is 0.464 e. The molecule has 0 aliphatic rings. The summed E-state index contributed by atoms with van der Waals surface area (Å²) in [6.45, 7) is 3.97. The lowest BCUT2D eigenvalue weighted by Gasteiger charge is -2.14. The summed E-state index contributed by atoms with van der Waals surface area (Å²) in [6, 6.07) is 0. The van der Waals surface area contributed by atoms with Gasteiger partial charge in [-0.25, -0.2) is 9.18 Å². The monoisotopic (exact) mass is 290 g/mol. The maximum atomic E-state index is 13.4. The molecule has 3 nitrogen and oxygen atoms in total. The van der Waals surface area contributed by atoms with Gasteiger partial charge >= 0.3 is 5.97 Å². The first-order valence-corrected chi connectivity index (χ1v) is 8.12. The molecule has 0 aromatic rings. The van der Waals surface area contributed by atoms with Crippen molar-refractivity contribution in [2.75, 3.05) is 6.61 Å². The number of aliphatic hydroxyl groups excluding tert-OH is 1. The lowest BCUT2D eigenvalue weighted by molar-refractivity contribution is -0.153. The highest BCUT2D eigenvalue weighted by Crippen LogP contribution is 2.14. The molecule has 0 aromatic carbocycles. The van der Waals surface area contributed by atoms with E-state index < -0.39 is 18.2 Å². The highest BCUT2D eigenvalue weighted by atomic mass is 19.1. The van der Waals surface area contributed by atoms with Crippen LogP contribution in [0.2, 0.25) is 0 Å². The SMILES string of the molecule is CCCCCCCCCCC[C@@H](O)C(F)C(=O)OCC. The average molecular weight is 290 g/mol. The lowest BCUT2D eigenvalue weighted by Crippen LogP contribution is -2.31. The molecular formula is C16H31FO3. The summed E-state index contributed by atoms with van der Waals surface area (Å²) in [5.74, 6) is -0.948. The van der Waals surface area contributed by atoms with Crippen molar-refractivity contribution < 1.29 is 19.0 Å². The third-order valence-electron chi connectivity index (χ3n) is 3.45. The van der Waals surface area contributed by atoms with Gasteiger partial charge in [-0.15, -0.1) is 0 Å². The summed E-state index contributed by atoms with van der Waals surface area (Å²) in [4.78, 5) is 11.1. The number of aliphatic hydroxyl groups is 1. The van der Waals surface area contributed by atoms with Gasteiger partial charge in [-0.3, -0.25) is 0 Å². The Morgan fingerprint density at radius 3 is 2.00 bits per heavy atom. The first-order chi connectivity index (χ1) is 9.63. The second kappa shape index (κ2) is 13.3. The molecule has 0 aliphatic carbocycles. The highest BCUT2D eigenvalue weighted by molar-refractivity contribution is 5.75. The Bertz CT molecular complexity index is 234. The lowest BCUT2D eigenvalue weighted by atomic mass is 10.0. The Labute approximate surface area is 122 Å². The molecule has 0 saturated carbocycles. The van der Waals surface area contributed by atoms with E-state index in [1.807, 2.05) is 0 Å². The van der Waals surface area contributed by atoms with E-state index in [0.717, 1.165) is 19.3 Å². The fraction of sp³-hybridized carbons (Fsp3) is 0.938. The zero-order chi connectivity index (χ0) is 15.2. The fourth-order valence-electron chi connectivity index (χ4n) is 2.19. The van der Waals surface area contributed by atoms with Gasteiger partial charge in [0.1, 0.15) is 0 Å². The van der Waals surface area contributed by atoms with E-state index in [4.69, 9.17) is 0 Å². The van der Waals surface area contributed by atoms with Crippen LogP contribution in [0.15, 0.2) is 0 Å². The minimum Gasteiger partial charge on any atom is -0.464 e. The summed E-state index contributed by atoms with van der Waals surface area (Å²) in [5.41, 5.74) is 0. The molecule has 0 radical (unpaired) electrons. The minimum absolute atomic E-state index is 0.143. The second-order valence-corrected chi connectivity index (χ2v) is 5.34. The average Bonchev–Trinajstić information content (AvgIpc) is 2.44. The third-order valence-corrected chi connectivity index (χ3v) is 3.45. The van der Waals surface area contributed by atoms with Gasteiger partial charge in [0, 0.05) is 0 Å². The number of alkyl halides is 1. The van der Waals surface area contributed by atoms with Crippen molar-refractivity contribution >= 4 is 5.97 Å². The van der Waals surface area contributed by atoms with Crippen LogP contribution in [0.3, 0.4) is 0 Å². The first kappa shape index (κ1) is 19.4. The molecular weight excluding hydrogens is 259 g/mol. The summed E-state index contributed by atoms with van der Waals surface area (Å²) < 4.78 is 17.9. The molecule has 0 fully saturated rings. The summed E-state index contributed by atoms with van der Waals surface area (Å²) in [6.07, 6.45) is 7.74. The smallest absolute Gasteiger partial charge is 0.343 e. The van der Waals surface area contributed by atoms with E-state index in [2.05, 4.69) is 11.7 Å². The van der Waals surface area contributed by atoms with Crippen LogP contribution in [0.1, 0.15) is 78.1 Å². The minimum atomic E-state index is -1.90. The molecule has 0 saturated heterocycles. The second-order valence-electron chi connectivity index (χ2n) is 5.34. The van der Waals surface area contributed by atoms with E-state index in [1.54, 1.807) is 6.92 Å². The molecule has 1 unspecified atom stereocenters. The Kier molecular flexibility index (Phi) is 12.9. The van der Waals surface area contributed by atoms with Crippen LogP contribution in [0.5, 0.6) is 0 Å². The number of esters is 1. The quantitative estimate of drug-likeness (QED) is 0.409. The molecule has 0 aromatic heterocycles. The Balaban J connectivity index is 3.43. The Hall–Kier alpha value is -0.640. The molecule has 1 N–H and O–H groups in total. The van der Waals surface area contributed by atoms with Crippen molar-refractivity contribution in [2.45, 2.75) is 90.3 Å². The van der Waals surface area contributed by atoms with Gasteiger partial charge in [-0.2, -0.15) is 0 Å². The molecule has 0 amide bonds. The molecule has 0 spiro atoms. The van der Waals surface area contributed by atoms with Crippen LogP contribution in [-0.4, -0.2) is 30.0 Å². The molecule has 20 heavy (non-hydrogen) atoms. The van der Waals surface area contributed by atoms with Gasteiger partial charge < -0.3 is 9.84 Å². The van der Waals surface area contributed by atoms with E-state index in [1.165, 1.54) is 38.5 Å². The van der Waals surface area contributed by atoms with Crippen LogP contribution in [-0.2, 0) is 9.53 Å². The highest BCUT2D eigenvalue weighted by Gasteiger charge is 2.26. The van der Waals surface area contributed by atoms with E-state index in [0.29, 0.717) is 6.42 Å². The van der Waals surface area contributed by atoms with Gasteiger partial charge in [0.25, 0.3) is 0 Å². The predicted molar refractivity (Wildman–Crippen MR) is 79.4 cm³/mol. The molecule has 0 bridgehead atoms. The van der Waals surface area contributed by atoms with Crippen molar-refractivity contribution in [3.8, 4) is 0 Å². The summed E-state index contributed by atoms with van der Waals surface area (Å²) >= 11 is 0. The number of rotatable bonds is 13. The van der Waals surface area contributed by atoms with Gasteiger partial charge in [0.2, 0.25) is 6.17 Å². The van der Waals surface area contributed by atoms with Crippen molar-refractivity contribution in [3.63, 3.8) is 0 Å². The number of hydrogen-bond acceptors (Lipinski definition) is 3. The fourth-order valence-corrected chi connectivity index (χ4v) is 2.19. The zero-order valence-electron chi connectivity index (χ0n) is 13.1. The summed E-state index contributed by atoms with van der Waals surface area (Å²) in [7, 11) is 0. The molecule has 120 valence electrons. The number of unbranched alkanes of at least 4 members (excludes halogenated alkanes) is 8.